The number of hydrogen-bond acceptors (Lipinski definition) is 2. The van der Waals surface area contributed by atoms with E-state index >= 15 is 0 Å². The van der Waals surface area contributed by atoms with Gasteiger partial charge in [0.25, 0.3) is 0 Å². The van der Waals surface area contributed by atoms with Gasteiger partial charge in [-0.15, -0.1) is 0 Å². The van der Waals surface area contributed by atoms with E-state index in [0.29, 0.717) is 0 Å². The van der Waals surface area contributed by atoms with Crippen LogP contribution in [0.2, 0.25) is 0 Å². The van der Waals surface area contributed by atoms with Crippen LogP contribution in [0.1, 0.15) is 11.1 Å². The molecule has 0 aliphatic heterocycles. The lowest BCUT2D eigenvalue weighted by molar-refractivity contribution is 0.885. The standard InChI is InChI=1S/C27H21N3/c1-2-10-23(11-3-1)27-15-17-29-30(27)25-13-7-9-22(20-25)18-21-8-6-12-24(19-21)26-14-4-5-16-28-26/h1-17,19-20H,18H2. The Morgan fingerprint density at radius 3 is 2.20 bits per heavy atom. The second-order valence-electron chi connectivity index (χ2n) is 7.26. The summed E-state index contributed by atoms with van der Waals surface area (Å²) in [7, 11) is 0. The Morgan fingerprint density at radius 1 is 0.600 bits per heavy atom. The molecule has 5 rings (SSSR count). The zero-order valence-electron chi connectivity index (χ0n) is 16.5. The summed E-state index contributed by atoms with van der Waals surface area (Å²) < 4.78 is 2.00. The van der Waals surface area contributed by atoms with Crippen LogP contribution in [0.4, 0.5) is 0 Å². The number of rotatable bonds is 5. The van der Waals surface area contributed by atoms with Gasteiger partial charge in [0.05, 0.1) is 23.3 Å². The molecule has 0 fully saturated rings. The van der Waals surface area contributed by atoms with Crippen LogP contribution in [0.5, 0.6) is 0 Å². The number of aromatic nitrogens is 3. The van der Waals surface area contributed by atoms with E-state index in [4.69, 9.17) is 0 Å². The van der Waals surface area contributed by atoms with Crippen molar-refractivity contribution in [2.45, 2.75) is 6.42 Å². The van der Waals surface area contributed by atoms with Gasteiger partial charge in [-0.2, -0.15) is 5.10 Å². The minimum Gasteiger partial charge on any atom is -0.256 e. The first-order valence-corrected chi connectivity index (χ1v) is 10.1. The number of pyridine rings is 1. The summed E-state index contributed by atoms with van der Waals surface area (Å²) in [6, 6.07) is 35.6. The molecule has 3 heteroatoms. The second kappa shape index (κ2) is 8.18. The fraction of sp³-hybridized carbons (Fsp3) is 0.0370. The van der Waals surface area contributed by atoms with E-state index in [1.54, 1.807) is 0 Å². The number of nitrogens with zero attached hydrogens (tertiary/aromatic N) is 3. The molecule has 2 aromatic heterocycles. The van der Waals surface area contributed by atoms with Gasteiger partial charge in [0, 0.05) is 17.3 Å². The van der Waals surface area contributed by atoms with E-state index in [1.165, 1.54) is 11.1 Å². The fourth-order valence-electron chi connectivity index (χ4n) is 3.74. The maximum Gasteiger partial charge on any atom is 0.0740 e. The van der Waals surface area contributed by atoms with Crippen LogP contribution in [0.3, 0.4) is 0 Å². The maximum absolute atomic E-state index is 4.57. The molecule has 0 aliphatic carbocycles. The molecule has 0 amide bonds. The highest BCUT2D eigenvalue weighted by Crippen LogP contribution is 2.24. The summed E-state index contributed by atoms with van der Waals surface area (Å²) in [5.41, 5.74) is 7.96. The normalized spacial score (nSPS) is 10.8. The van der Waals surface area contributed by atoms with Crippen LogP contribution in [0, 0.1) is 0 Å². The molecular weight excluding hydrogens is 366 g/mol. The van der Waals surface area contributed by atoms with Crippen molar-refractivity contribution in [3.05, 3.63) is 127 Å². The van der Waals surface area contributed by atoms with E-state index in [0.717, 1.165) is 34.6 Å². The third-order valence-electron chi connectivity index (χ3n) is 5.16. The van der Waals surface area contributed by atoms with Gasteiger partial charge in [-0.25, -0.2) is 4.68 Å². The Labute approximate surface area is 176 Å². The topological polar surface area (TPSA) is 30.7 Å². The molecule has 0 saturated heterocycles. The highest BCUT2D eigenvalue weighted by Gasteiger charge is 2.08. The Kier molecular flexibility index (Phi) is 4.93. The van der Waals surface area contributed by atoms with Gasteiger partial charge in [-0.05, 0) is 53.9 Å². The molecule has 3 nitrogen and oxygen atoms in total. The average molecular weight is 387 g/mol. The van der Waals surface area contributed by atoms with Crippen LogP contribution < -0.4 is 0 Å². The van der Waals surface area contributed by atoms with Crippen molar-refractivity contribution in [1.29, 1.82) is 0 Å². The van der Waals surface area contributed by atoms with Crippen molar-refractivity contribution >= 4 is 0 Å². The molecule has 30 heavy (non-hydrogen) atoms. The maximum atomic E-state index is 4.57. The lowest BCUT2D eigenvalue weighted by Crippen LogP contribution is -2.00. The lowest BCUT2D eigenvalue weighted by atomic mass is 10.0. The summed E-state index contributed by atoms with van der Waals surface area (Å²) in [5, 5.41) is 4.57. The highest BCUT2D eigenvalue weighted by atomic mass is 15.3. The van der Waals surface area contributed by atoms with E-state index in [-0.39, 0.29) is 0 Å². The Morgan fingerprint density at radius 2 is 1.37 bits per heavy atom. The first-order chi connectivity index (χ1) is 14.9. The van der Waals surface area contributed by atoms with Gasteiger partial charge in [-0.1, -0.05) is 66.7 Å². The van der Waals surface area contributed by atoms with Gasteiger partial charge in [-0.3, -0.25) is 4.98 Å². The average Bonchev–Trinajstić information content (AvgIpc) is 3.31. The molecule has 2 heterocycles. The number of benzene rings is 3. The van der Waals surface area contributed by atoms with Crippen LogP contribution >= 0.6 is 0 Å². The lowest BCUT2D eigenvalue weighted by Gasteiger charge is -2.10. The monoisotopic (exact) mass is 387 g/mol. The van der Waals surface area contributed by atoms with E-state index < -0.39 is 0 Å². The van der Waals surface area contributed by atoms with Gasteiger partial charge < -0.3 is 0 Å². The molecule has 0 aliphatic rings. The van der Waals surface area contributed by atoms with E-state index in [9.17, 15) is 0 Å². The summed E-state index contributed by atoms with van der Waals surface area (Å²) in [6.07, 6.45) is 4.54. The molecular formula is C27H21N3. The van der Waals surface area contributed by atoms with Gasteiger partial charge in [0.15, 0.2) is 0 Å². The van der Waals surface area contributed by atoms with Crippen LogP contribution in [-0.2, 0) is 6.42 Å². The van der Waals surface area contributed by atoms with Crippen LogP contribution in [-0.4, -0.2) is 14.8 Å². The molecule has 0 N–H and O–H groups in total. The first kappa shape index (κ1) is 18.1. The minimum absolute atomic E-state index is 0.858. The predicted octanol–water partition coefficient (Wildman–Crippen LogP) is 6.19. The van der Waals surface area contributed by atoms with Gasteiger partial charge in [0.1, 0.15) is 0 Å². The quantitative estimate of drug-likeness (QED) is 0.360. The SMILES string of the molecule is c1ccc(-c2ccnn2-c2cccc(Cc3cccc(-c4ccccn4)c3)c2)cc1. The smallest absolute Gasteiger partial charge is 0.0740 e. The molecule has 0 unspecified atom stereocenters. The Bertz CT molecular complexity index is 1260. The van der Waals surface area contributed by atoms with Crippen LogP contribution in [0.15, 0.2) is 116 Å². The minimum atomic E-state index is 0.858. The van der Waals surface area contributed by atoms with Crippen LogP contribution in [0.25, 0.3) is 28.2 Å². The summed E-state index contributed by atoms with van der Waals surface area (Å²) >= 11 is 0. The molecule has 0 radical (unpaired) electrons. The Hall–Kier alpha value is -3.98. The molecule has 3 aromatic carbocycles. The van der Waals surface area contributed by atoms with Gasteiger partial charge >= 0.3 is 0 Å². The molecule has 0 bridgehead atoms. The third kappa shape index (κ3) is 3.78. The number of hydrogen-bond donors (Lipinski definition) is 0. The largest absolute Gasteiger partial charge is 0.256 e. The van der Waals surface area contributed by atoms with Crippen molar-refractivity contribution in [1.82, 2.24) is 14.8 Å². The fourth-order valence-corrected chi connectivity index (χ4v) is 3.74. The van der Waals surface area contributed by atoms with Gasteiger partial charge in [0.2, 0.25) is 0 Å². The molecule has 0 saturated carbocycles. The van der Waals surface area contributed by atoms with Crippen molar-refractivity contribution in [2.75, 3.05) is 0 Å². The molecule has 0 atom stereocenters. The molecule has 5 aromatic rings. The van der Waals surface area contributed by atoms with E-state index in [2.05, 4.69) is 88.9 Å². The molecule has 0 spiro atoms. The van der Waals surface area contributed by atoms with E-state index in [1.807, 2.05) is 41.3 Å². The zero-order valence-corrected chi connectivity index (χ0v) is 16.5. The second-order valence-corrected chi connectivity index (χ2v) is 7.26. The Balaban J connectivity index is 1.44. The first-order valence-electron chi connectivity index (χ1n) is 10.1. The molecule has 144 valence electrons. The van der Waals surface area contributed by atoms with Crippen molar-refractivity contribution < 1.29 is 0 Å². The summed E-state index contributed by atoms with van der Waals surface area (Å²) in [5.74, 6) is 0. The summed E-state index contributed by atoms with van der Waals surface area (Å²) in [6.45, 7) is 0. The van der Waals surface area contributed by atoms with Crippen molar-refractivity contribution in [3.63, 3.8) is 0 Å². The zero-order chi connectivity index (χ0) is 20.2. The highest BCUT2D eigenvalue weighted by molar-refractivity contribution is 5.62. The van der Waals surface area contributed by atoms with Crippen molar-refractivity contribution in [2.24, 2.45) is 0 Å². The van der Waals surface area contributed by atoms with Crippen molar-refractivity contribution in [3.8, 4) is 28.2 Å². The third-order valence-corrected chi connectivity index (χ3v) is 5.16. The predicted molar refractivity (Wildman–Crippen MR) is 121 cm³/mol. The summed E-state index contributed by atoms with van der Waals surface area (Å²) in [4.78, 5) is 4.47.